The molecule has 3 amide bonds. The molecule has 1 fully saturated rings. The number of anilines is 1. The van der Waals surface area contributed by atoms with Gasteiger partial charge in [-0.25, -0.2) is 9.18 Å². The number of hydrogen-bond donors (Lipinski definition) is 2. The third kappa shape index (κ3) is 3.74. The third-order valence-corrected chi connectivity index (χ3v) is 6.02. The molecule has 0 saturated carbocycles. The van der Waals surface area contributed by atoms with Gasteiger partial charge >= 0.3 is 6.03 Å². The van der Waals surface area contributed by atoms with Crippen LogP contribution in [-0.2, 0) is 6.54 Å². The lowest BCUT2D eigenvalue weighted by Crippen LogP contribution is -2.67. The average Bonchev–Trinajstić information content (AvgIpc) is 2.72. The zero-order chi connectivity index (χ0) is 20.6. The number of carbonyl (C=O) groups excluding carboxylic acids is 2. The average molecular weight is 417 g/mol. The smallest absolute Gasteiger partial charge is 0.317 e. The largest absolute Gasteiger partial charge is 0.351 e. The molecule has 2 aliphatic heterocycles. The molecule has 6 nitrogen and oxygen atoms in total. The molecule has 0 aromatic heterocycles. The van der Waals surface area contributed by atoms with Gasteiger partial charge in [0.25, 0.3) is 5.91 Å². The fraction of sp³-hybridized carbons (Fsp3) is 0.333. The standard InChI is InChI=1S/C21H22ClFN4O2/c1-26-18-12-15(22)4-7-17(18)19(28)25-21(26)8-10-27(11-9-21)20(29)24-13-14-2-5-16(23)6-3-14/h2-7,12H,8-11,13H2,1H3,(H,24,29)(H,25,28). The van der Waals surface area contributed by atoms with Gasteiger partial charge in [0, 0.05) is 44.5 Å². The molecular weight excluding hydrogens is 395 g/mol. The number of urea groups is 1. The van der Waals surface area contributed by atoms with Crippen LogP contribution in [0.1, 0.15) is 28.8 Å². The molecule has 2 N–H and O–H groups in total. The van der Waals surface area contributed by atoms with E-state index in [0.29, 0.717) is 43.1 Å². The summed E-state index contributed by atoms with van der Waals surface area (Å²) >= 11 is 6.14. The Bertz CT molecular complexity index is 942. The molecule has 4 rings (SSSR count). The lowest BCUT2D eigenvalue weighted by molar-refractivity contribution is 0.0810. The number of carbonyl (C=O) groups is 2. The van der Waals surface area contributed by atoms with E-state index in [-0.39, 0.29) is 17.8 Å². The fourth-order valence-electron chi connectivity index (χ4n) is 4.00. The highest BCUT2D eigenvalue weighted by molar-refractivity contribution is 6.31. The van der Waals surface area contributed by atoms with Crippen LogP contribution in [-0.4, -0.2) is 42.6 Å². The Morgan fingerprint density at radius 2 is 1.90 bits per heavy atom. The third-order valence-electron chi connectivity index (χ3n) is 5.79. The molecular formula is C21H22ClFN4O2. The molecule has 1 saturated heterocycles. The SMILES string of the molecule is CN1c2cc(Cl)ccc2C(=O)NC12CCN(C(=O)NCc1ccc(F)cc1)CC2. The quantitative estimate of drug-likeness (QED) is 0.789. The van der Waals surface area contributed by atoms with Crippen LogP contribution in [0.3, 0.4) is 0 Å². The molecule has 2 aliphatic rings. The summed E-state index contributed by atoms with van der Waals surface area (Å²) in [6.45, 7) is 1.36. The molecule has 0 unspecified atom stereocenters. The minimum absolute atomic E-state index is 0.121. The van der Waals surface area contributed by atoms with Gasteiger partial charge in [0.05, 0.1) is 11.3 Å². The number of amides is 3. The first kappa shape index (κ1) is 19.5. The van der Waals surface area contributed by atoms with E-state index in [2.05, 4.69) is 15.5 Å². The van der Waals surface area contributed by atoms with Crippen molar-refractivity contribution >= 4 is 29.2 Å². The molecule has 2 heterocycles. The second kappa shape index (κ2) is 7.55. The van der Waals surface area contributed by atoms with Gasteiger partial charge in [-0.1, -0.05) is 23.7 Å². The van der Waals surface area contributed by atoms with Crippen molar-refractivity contribution < 1.29 is 14.0 Å². The number of nitrogens with zero attached hydrogens (tertiary/aromatic N) is 2. The van der Waals surface area contributed by atoms with E-state index in [1.807, 2.05) is 7.05 Å². The second-order valence-corrected chi connectivity index (χ2v) is 7.91. The van der Waals surface area contributed by atoms with Crippen molar-refractivity contribution in [2.75, 3.05) is 25.0 Å². The van der Waals surface area contributed by atoms with E-state index in [4.69, 9.17) is 11.6 Å². The van der Waals surface area contributed by atoms with Crippen LogP contribution in [0.5, 0.6) is 0 Å². The number of fused-ring (bicyclic) bond motifs is 1. The van der Waals surface area contributed by atoms with Gasteiger partial charge < -0.3 is 20.4 Å². The first-order chi connectivity index (χ1) is 13.9. The summed E-state index contributed by atoms with van der Waals surface area (Å²) in [7, 11) is 1.94. The van der Waals surface area contributed by atoms with Crippen LogP contribution in [0.4, 0.5) is 14.9 Å². The van der Waals surface area contributed by atoms with E-state index >= 15 is 0 Å². The van der Waals surface area contributed by atoms with Crippen molar-refractivity contribution in [2.45, 2.75) is 25.0 Å². The van der Waals surface area contributed by atoms with Crippen molar-refractivity contribution in [3.8, 4) is 0 Å². The maximum absolute atomic E-state index is 13.0. The molecule has 0 aliphatic carbocycles. The number of benzene rings is 2. The van der Waals surface area contributed by atoms with E-state index in [0.717, 1.165) is 11.3 Å². The predicted molar refractivity (Wildman–Crippen MR) is 109 cm³/mol. The Morgan fingerprint density at radius 1 is 1.21 bits per heavy atom. The maximum Gasteiger partial charge on any atom is 0.317 e. The summed E-state index contributed by atoms with van der Waals surface area (Å²) in [6, 6.07) is 11.1. The summed E-state index contributed by atoms with van der Waals surface area (Å²) in [5.74, 6) is -0.424. The first-order valence-electron chi connectivity index (χ1n) is 9.51. The molecule has 152 valence electrons. The maximum atomic E-state index is 13.0. The normalized spacial score (nSPS) is 17.7. The zero-order valence-electron chi connectivity index (χ0n) is 16.0. The van der Waals surface area contributed by atoms with Crippen molar-refractivity contribution in [1.29, 1.82) is 0 Å². The van der Waals surface area contributed by atoms with Gasteiger partial charge in [-0.3, -0.25) is 4.79 Å². The lowest BCUT2D eigenvalue weighted by atomic mass is 9.90. The number of hydrogen-bond acceptors (Lipinski definition) is 3. The van der Waals surface area contributed by atoms with Crippen LogP contribution in [0, 0.1) is 5.82 Å². The van der Waals surface area contributed by atoms with Crippen molar-refractivity contribution in [3.05, 3.63) is 64.4 Å². The highest BCUT2D eigenvalue weighted by atomic mass is 35.5. The van der Waals surface area contributed by atoms with Crippen LogP contribution in [0.25, 0.3) is 0 Å². The molecule has 29 heavy (non-hydrogen) atoms. The number of rotatable bonds is 2. The minimum atomic E-state index is -0.539. The predicted octanol–water partition coefficient (Wildman–Crippen LogP) is 3.36. The van der Waals surface area contributed by atoms with Gasteiger partial charge in [-0.05, 0) is 35.9 Å². The summed E-state index contributed by atoms with van der Waals surface area (Å²) in [5.41, 5.74) is 1.70. The summed E-state index contributed by atoms with van der Waals surface area (Å²) in [5, 5.41) is 6.58. The Hall–Kier alpha value is -2.80. The molecule has 0 bridgehead atoms. The number of likely N-dealkylation sites (tertiary alicyclic amines) is 1. The highest BCUT2D eigenvalue weighted by Crippen LogP contribution is 2.37. The van der Waals surface area contributed by atoms with Crippen molar-refractivity contribution in [3.63, 3.8) is 0 Å². The zero-order valence-corrected chi connectivity index (χ0v) is 16.8. The van der Waals surface area contributed by atoms with E-state index in [9.17, 15) is 14.0 Å². The van der Waals surface area contributed by atoms with Crippen LogP contribution in [0.2, 0.25) is 5.02 Å². The fourth-order valence-corrected chi connectivity index (χ4v) is 4.17. The molecule has 8 heteroatoms. The van der Waals surface area contributed by atoms with Gasteiger partial charge in [-0.15, -0.1) is 0 Å². The monoisotopic (exact) mass is 416 g/mol. The number of nitrogens with one attached hydrogen (secondary N) is 2. The van der Waals surface area contributed by atoms with Gasteiger partial charge in [0.2, 0.25) is 0 Å². The van der Waals surface area contributed by atoms with Crippen LogP contribution >= 0.6 is 11.6 Å². The highest BCUT2D eigenvalue weighted by Gasteiger charge is 2.44. The van der Waals surface area contributed by atoms with Crippen LogP contribution < -0.4 is 15.5 Å². The van der Waals surface area contributed by atoms with Gasteiger partial charge in [0.15, 0.2) is 0 Å². The molecule has 1 spiro atoms. The first-order valence-corrected chi connectivity index (χ1v) is 9.89. The minimum Gasteiger partial charge on any atom is -0.351 e. The van der Waals surface area contributed by atoms with E-state index in [1.54, 1.807) is 35.2 Å². The Labute approximate surface area is 173 Å². The number of piperidine rings is 1. The van der Waals surface area contributed by atoms with Gasteiger partial charge in [0.1, 0.15) is 11.5 Å². The lowest BCUT2D eigenvalue weighted by Gasteiger charge is -2.51. The summed E-state index contributed by atoms with van der Waals surface area (Å²) < 4.78 is 13.0. The Morgan fingerprint density at radius 3 is 2.59 bits per heavy atom. The Kier molecular flexibility index (Phi) is 5.08. The second-order valence-electron chi connectivity index (χ2n) is 7.48. The van der Waals surface area contributed by atoms with E-state index < -0.39 is 5.66 Å². The van der Waals surface area contributed by atoms with Crippen molar-refractivity contribution in [1.82, 2.24) is 15.5 Å². The molecule has 2 aromatic carbocycles. The molecule has 2 aromatic rings. The van der Waals surface area contributed by atoms with Gasteiger partial charge in [-0.2, -0.15) is 0 Å². The van der Waals surface area contributed by atoms with E-state index in [1.165, 1.54) is 12.1 Å². The van der Waals surface area contributed by atoms with Crippen LogP contribution in [0.15, 0.2) is 42.5 Å². The summed E-state index contributed by atoms with van der Waals surface area (Å²) in [4.78, 5) is 28.9. The van der Waals surface area contributed by atoms with Crippen molar-refractivity contribution in [2.24, 2.45) is 0 Å². The Balaban J connectivity index is 1.40. The number of halogens is 2. The molecule has 0 radical (unpaired) electrons. The molecule has 0 atom stereocenters. The topological polar surface area (TPSA) is 64.7 Å². The summed E-state index contributed by atoms with van der Waals surface area (Å²) in [6.07, 6.45) is 1.20.